The van der Waals surface area contributed by atoms with E-state index in [1.807, 2.05) is 24.4 Å². The lowest BCUT2D eigenvalue weighted by atomic mass is 10.2. The molecule has 4 nitrogen and oxygen atoms in total. The predicted molar refractivity (Wildman–Crippen MR) is 108 cm³/mol. The van der Waals surface area contributed by atoms with Gasteiger partial charge in [0, 0.05) is 24.6 Å². The maximum absolute atomic E-state index is 12.6. The molecular weight excluding hydrogens is 391 g/mol. The first kappa shape index (κ1) is 19.6. The van der Waals surface area contributed by atoms with E-state index in [0.29, 0.717) is 15.7 Å². The number of ether oxygens (including phenoxy) is 1. The van der Waals surface area contributed by atoms with E-state index in [9.17, 15) is 4.79 Å². The Bertz CT molecular complexity index is 746. The molecule has 0 bridgehead atoms. The van der Waals surface area contributed by atoms with Crippen molar-refractivity contribution in [3.05, 3.63) is 50.1 Å². The lowest BCUT2D eigenvalue weighted by Crippen LogP contribution is -2.37. The Morgan fingerprint density at radius 3 is 2.92 bits per heavy atom. The molecule has 1 N–H and O–H groups in total. The maximum Gasteiger partial charge on any atom is 0.238 e. The van der Waals surface area contributed by atoms with E-state index in [1.54, 1.807) is 17.4 Å². The van der Waals surface area contributed by atoms with Crippen LogP contribution in [0.25, 0.3) is 0 Å². The van der Waals surface area contributed by atoms with Gasteiger partial charge < -0.3 is 10.1 Å². The third-order valence-electron chi connectivity index (χ3n) is 4.36. The number of benzene rings is 1. The Labute approximate surface area is 168 Å². The maximum atomic E-state index is 12.6. The Hall–Kier alpha value is -1.11. The minimum atomic E-state index is -0.131. The summed E-state index contributed by atoms with van der Waals surface area (Å²) in [5.74, 6) is -0.131. The quantitative estimate of drug-likeness (QED) is 0.696. The van der Waals surface area contributed by atoms with Crippen molar-refractivity contribution in [3.8, 4) is 0 Å². The molecule has 1 aliphatic heterocycles. The standard InChI is InChI=1S/C19H22Cl2N2O2S/c1-13-6-7-16(20)19(18(13)21)22-17(24)12-23(10-14-4-2-8-25-14)11-15-5-3-9-26-15/h3,5-7,9,14H,2,4,8,10-12H2,1H3,(H,22,24)/t14-/m0/s1. The minimum Gasteiger partial charge on any atom is -0.377 e. The van der Waals surface area contributed by atoms with E-state index in [2.05, 4.69) is 16.3 Å². The predicted octanol–water partition coefficient (Wildman–Crippen LogP) is 4.98. The Morgan fingerprint density at radius 1 is 1.38 bits per heavy atom. The fourth-order valence-corrected chi connectivity index (χ4v) is 4.25. The van der Waals surface area contributed by atoms with Crippen molar-refractivity contribution >= 4 is 46.1 Å². The van der Waals surface area contributed by atoms with E-state index in [1.165, 1.54) is 4.88 Å². The number of nitrogens with zero attached hydrogens (tertiary/aromatic N) is 1. The van der Waals surface area contributed by atoms with Crippen LogP contribution in [0.5, 0.6) is 0 Å². The van der Waals surface area contributed by atoms with Gasteiger partial charge in [0.05, 0.1) is 28.4 Å². The fourth-order valence-electron chi connectivity index (χ4n) is 3.04. The number of halogens is 2. The highest BCUT2D eigenvalue weighted by molar-refractivity contribution is 7.09. The van der Waals surface area contributed by atoms with Crippen molar-refractivity contribution in [2.75, 3.05) is 25.0 Å². The monoisotopic (exact) mass is 412 g/mol. The Balaban J connectivity index is 1.67. The second-order valence-corrected chi connectivity index (χ2v) is 8.30. The molecule has 0 aliphatic carbocycles. The van der Waals surface area contributed by atoms with Gasteiger partial charge in [-0.15, -0.1) is 11.3 Å². The highest BCUT2D eigenvalue weighted by Gasteiger charge is 2.22. The van der Waals surface area contributed by atoms with Crippen LogP contribution in [0.3, 0.4) is 0 Å². The number of amides is 1. The molecule has 0 spiro atoms. The van der Waals surface area contributed by atoms with Crippen molar-refractivity contribution in [2.45, 2.75) is 32.4 Å². The summed E-state index contributed by atoms with van der Waals surface area (Å²) in [6.07, 6.45) is 2.31. The van der Waals surface area contributed by atoms with Crippen molar-refractivity contribution in [3.63, 3.8) is 0 Å². The lowest BCUT2D eigenvalue weighted by Gasteiger charge is -2.24. The summed E-state index contributed by atoms with van der Waals surface area (Å²) in [7, 11) is 0. The molecular formula is C19H22Cl2N2O2S. The van der Waals surface area contributed by atoms with E-state index in [4.69, 9.17) is 27.9 Å². The number of rotatable bonds is 7. The van der Waals surface area contributed by atoms with Crippen LogP contribution < -0.4 is 5.32 Å². The molecule has 1 saturated heterocycles. The molecule has 2 aromatic rings. The second kappa shape index (κ2) is 9.20. The number of carbonyl (C=O) groups is 1. The molecule has 0 saturated carbocycles. The van der Waals surface area contributed by atoms with Crippen LogP contribution in [0.15, 0.2) is 29.6 Å². The van der Waals surface area contributed by atoms with E-state index >= 15 is 0 Å². The van der Waals surface area contributed by atoms with Gasteiger partial charge in [-0.2, -0.15) is 0 Å². The van der Waals surface area contributed by atoms with Crippen LogP contribution in [0.1, 0.15) is 23.3 Å². The van der Waals surface area contributed by atoms with E-state index < -0.39 is 0 Å². The summed E-state index contributed by atoms with van der Waals surface area (Å²) in [4.78, 5) is 16.0. The third kappa shape index (κ3) is 5.21. The smallest absolute Gasteiger partial charge is 0.238 e. The number of thiophene rings is 1. The summed E-state index contributed by atoms with van der Waals surface area (Å²) in [5.41, 5.74) is 1.35. The van der Waals surface area contributed by atoms with Gasteiger partial charge in [0.1, 0.15) is 0 Å². The zero-order valence-corrected chi connectivity index (χ0v) is 17.0. The second-order valence-electron chi connectivity index (χ2n) is 6.49. The average molecular weight is 413 g/mol. The van der Waals surface area contributed by atoms with Crippen LogP contribution in [-0.4, -0.2) is 36.6 Å². The zero-order chi connectivity index (χ0) is 18.5. The van der Waals surface area contributed by atoms with Gasteiger partial charge in [-0.3, -0.25) is 9.69 Å². The first-order chi connectivity index (χ1) is 12.5. The molecule has 0 unspecified atom stereocenters. The molecule has 1 aromatic carbocycles. The molecule has 26 heavy (non-hydrogen) atoms. The van der Waals surface area contributed by atoms with E-state index in [0.717, 1.165) is 38.1 Å². The van der Waals surface area contributed by atoms with Crippen LogP contribution in [-0.2, 0) is 16.1 Å². The summed E-state index contributed by atoms with van der Waals surface area (Å²) in [5, 5.41) is 5.84. The molecule has 1 aliphatic rings. The molecule has 7 heteroatoms. The summed E-state index contributed by atoms with van der Waals surface area (Å²) in [6, 6.07) is 7.69. The van der Waals surface area contributed by atoms with Gasteiger partial charge in [0.15, 0.2) is 0 Å². The molecule has 1 amide bonds. The highest BCUT2D eigenvalue weighted by atomic mass is 35.5. The van der Waals surface area contributed by atoms with Crippen molar-refractivity contribution in [2.24, 2.45) is 0 Å². The molecule has 0 radical (unpaired) electrons. The number of hydrogen-bond donors (Lipinski definition) is 1. The minimum absolute atomic E-state index is 0.131. The highest BCUT2D eigenvalue weighted by Crippen LogP contribution is 2.32. The van der Waals surface area contributed by atoms with Gasteiger partial charge in [0.2, 0.25) is 5.91 Å². The number of nitrogens with one attached hydrogen (secondary N) is 1. The van der Waals surface area contributed by atoms with Gasteiger partial charge in [-0.05, 0) is 42.8 Å². The van der Waals surface area contributed by atoms with Crippen molar-refractivity contribution in [1.29, 1.82) is 0 Å². The molecule has 1 fully saturated rings. The van der Waals surface area contributed by atoms with Crippen LogP contribution in [0.4, 0.5) is 5.69 Å². The van der Waals surface area contributed by atoms with Crippen molar-refractivity contribution < 1.29 is 9.53 Å². The van der Waals surface area contributed by atoms with Crippen LogP contribution in [0, 0.1) is 6.92 Å². The largest absolute Gasteiger partial charge is 0.377 e. The van der Waals surface area contributed by atoms with Gasteiger partial charge in [-0.1, -0.05) is 35.3 Å². The molecule has 2 heterocycles. The molecule has 3 rings (SSSR count). The number of carbonyl (C=O) groups excluding carboxylic acids is 1. The number of aryl methyl sites for hydroxylation is 1. The summed E-state index contributed by atoms with van der Waals surface area (Å²) >= 11 is 14.2. The lowest BCUT2D eigenvalue weighted by molar-refractivity contribution is -0.117. The number of hydrogen-bond acceptors (Lipinski definition) is 4. The van der Waals surface area contributed by atoms with Crippen molar-refractivity contribution in [1.82, 2.24) is 4.90 Å². The summed E-state index contributed by atoms with van der Waals surface area (Å²) in [6.45, 7) is 4.41. The van der Waals surface area contributed by atoms with Gasteiger partial charge >= 0.3 is 0 Å². The van der Waals surface area contributed by atoms with Crippen LogP contribution >= 0.6 is 34.5 Å². The SMILES string of the molecule is Cc1ccc(Cl)c(NC(=O)CN(Cc2cccs2)C[C@@H]2CCCO2)c1Cl. The zero-order valence-electron chi connectivity index (χ0n) is 14.6. The van der Waals surface area contributed by atoms with Gasteiger partial charge in [-0.25, -0.2) is 0 Å². The topological polar surface area (TPSA) is 41.6 Å². The molecule has 1 aromatic heterocycles. The van der Waals surface area contributed by atoms with Crippen LogP contribution in [0.2, 0.25) is 10.0 Å². The third-order valence-corrected chi connectivity index (χ3v) is 6.02. The number of anilines is 1. The fraction of sp³-hybridized carbons (Fsp3) is 0.421. The first-order valence-corrected chi connectivity index (χ1v) is 10.3. The normalized spacial score (nSPS) is 17.0. The average Bonchev–Trinajstić information content (AvgIpc) is 3.29. The van der Waals surface area contributed by atoms with E-state index in [-0.39, 0.29) is 18.6 Å². The Morgan fingerprint density at radius 2 is 2.23 bits per heavy atom. The summed E-state index contributed by atoms with van der Waals surface area (Å²) < 4.78 is 5.74. The molecule has 1 atom stereocenters. The van der Waals surface area contributed by atoms with Gasteiger partial charge in [0.25, 0.3) is 0 Å². The molecule has 140 valence electrons. The Kier molecular flexibility index (Phi) is 6.95. The first-order valence-electron chi connectivity index (χ1n) is 8.63.